The van der Waals surface area contributed by atoms with E-state index in [1.165, 1.54) is 133 Å². The van der Waals surface area contributed by atoms with E-state index in [-0.39, 0.29) is 0 Å². The molecule has 3 aliphatic rings. The van der Waals surface area contributed by atoms with Gasteiger partial charge in [0.05, 0.1) is 32.9 Å². The van der Waals surface area contributed by atoms with Crippen molar-refractivity contribution in [2.75, 3.05) is 4.90 Å². The van der Waals surface area contributed by atoms with E-state index >= 15 is 0 Å². The average molecular weight is 1210 g/mol. The molecule has 17 aromatic rings. The summed E-state index contributed by atoms with van der Waals surface area (Å²) in [5, 5.41) is 4.91. The van der Waals surface area contributed by atoms with Crippen molar-refractivity contribution in [2.45, 2.75) is 10.8 Å². The molecular formula is C92H59N3. The first-order valence-corrected chi connectivity index (χ1v) is 33.1. The maximum Gasteiger partial charge on any atom is 0.0726 e. The minimum absolute atomic E-state index is 0.617. The second-order valence-electron chi connectivity index (χ2n) is 25.8. The summed E-state index contributed by atoms with van der Waals surface area (Å²) in [6, 6.07) is 134. The van der Waals surface area contributed by atoms with Gasteiger partial charge in [0.15, 0.2) is 0 Å². The Morgan fingerprint density at radius 3 is 1.20 bits per heavy atom. The van der Waals surface area contributed by atoms with Gasteiger partial charge in [-0.3, -0.25) is 0 Å². The van der Waals surface area contributed by atoms with E-state index in [9.17, 15) is 0 Å². The van der Waals surface area contributed by atoms with Crippen LogP contribution in [0.25, 0.3) is 111 Å². The van der Waals surface area contributed by atoms with Gasteiger partial charge in [0, 0.05) is 55.5 Å². The van der Waals surface area contributed by atoms with Gasteiger partial charge in [-0.05, 0) is 198 Å². The van der Waals surface area contributed by atoms with Gasteiger partial charge in [-0.15, -0.1) is 0 Å². The average Bonchev–Trinajstić information content (AvgIpc) is 1.53. The second-order valence-corrected chi connectivity index (χ2v) is 25.8. The molecule has 0 saturated carbocycles. The molecule has 15 aromatic carbocycles. The van der Waals surface area contributed by atoms with Crippen LogP contribution in [0.4, 0.5) is 17.1 Å². The highest BCUT2D eigenvalue weighted by molar-refractivity contribution is 6.16. The molecule has 2 aromatic heterocycles. The lowest BCUT2D eigenvalue weighted by molar-refractivity contribution is 0.768. The Labute approximate surface area is 551 Å². The first-order chi connectivity index (χ1) is 47.1. The molecule has 2 heterocycles. The van der Waals surface area contributed by atoms with E-state index in [0.29, 0.717) is 0 Å². The molecular weight excluding hydrogens is 1150 g/mol. The van der Waals surface area contributed by atoms with Crippen molar-refractivity contribution in [1.29, 1.82) is 0 Å². The Kier molecular flexibility index (Phi) is 11.6. The van der Waals surface area contributed by atoms with Gasteiger partial charge >= 0.3 is 0 Å². The minimum atomic E-state index is -0.697. The Morgan fingerprint density at radius 1 is 0.211 bits per heavy atom. The number of hydrogen-bond donors (Lipinski definition) is 0. The normalized spacial score (nSPS) is 13.4. The number of para-hydroxylation sites is 6. The van der Waals surface area contributed by atoms with Crippen LogP contribution in [0.5, 0.6) is 0 Å². The summed E-state index contributed by atoms with van der Waals surface area (Å²) in [7, 11) is 0. The van der Waals surface area contributed by atoms with Crippen molar-refractivity contribution in [3.8, 4) is 67.0 Å². The van der Waals surface area contributed by atoms with Crippen molar-refractivity contribution in [2.24, 2.45) is 0 Å². The number of rotatable bonds is 9. The van der Waals surface area contributed by atoms with Crippen LogP contribution in [0.15, 0.2) is 358 Å². The highest BCUT2D eigenvalue weighted by Gasteiger charge is 2.52. The van der Waals surface area contributed by atoms with Crippen molar-refractivity contribution >= 4 is 60.7 Å². The standard InChI is InChI=1S/C92H59N3/c1-6-26-63(27-7-1)91(64-28-8-2-9-29-64)83-57-61(47-51-72(83)74-53-49-69(59-85(74)91)94-87-43-23-18-38-76(87)77-39-19-24-44-88(77)94)79-54-62(55-80-78-40-20-25-45-89(78)95(90(79)80)67-34-14-5-15-35-67)60-46-50-73-75-52-48-68(93(65-30-10-3-11-31-65)66-32-12-4-13-33-66)58-86(75)92(84(73)56-60)81-41-21-16-36-70(81)71-37-17-22-42-82(71)92/h1-59H. The van der Waals surface area contributed by atoms with E-state index in [2.05, 4.69) is 372 Å². The Bertz CT molecular complexity index is 5780. The Hall–Kier alpha value is -12.3. The summed E-state index contributed by atoms with van der Waals surface area (Å²) in [5.41, 5.74) is 31.4. The molecule has 0 aliphatic heterocycles. The van der Waals surface area contributed by atoms with Crippen LogP contribution in [-0.4, -0.2) is 9.13 Å². The van der Waals surface area contributed by atoms with Crippen molar-refractivity contribution in [1.82, 2.24) is 9.13 Å². The number of hydrogen-bond acceptors (Lipinski definition) is 1. The van der Waals surface area contributed by atoms with Gasteiger partial charge in [-0.2, -0.15) is 0 Å². The number of fused-ring (bicyclic) bond motifs is 19. The Balaban J connectivity index is 0.840. The summed E-state index contributed by atoms with van der Waals surface area (Å²) >= 11 is 0. The summed E-state index contributed by atoms with van der Waals surface area (Å²) in [4.78, 5) is 2.41. The third kappa shape index (κ3) is 7.52. The van der Waals surface area contributed by atoms with Crippen LogP contribution in [0.2, 0.25) is 0 Å². The van der Waals surface area contributed by atoms with Gasteiger partial charge in [-0.1, -0.05) is 255 Å². The van der Waals surface area contributed by atoms with Gasteiger partial charge in [0.1, 0.15) is 0 Å². The summed E-state index contributed by atoms with van der Waals surface area (Å²) in [5.74, 6) is 0. The fourth-order valence-corrected chi connectivity index (χ4v) is 17.4. The largest absolute Gasteiger partial charge is 0.310 e. The molecule has 0 fully saturated rings. The van der Waals surface area contributed by atoms with Crippen LogP contribution in [0.1, 0.15) is 44.5 Å². The Morgan fingerprint density at radius 2 is 0.621 bits per heavy atom. The zero-order valence-electron chi connectivity index (χ0n) is 51.9. The first kappa shape index (κ1) is 53.4. The zero-order chi connectivity index (χ0) is 62.3. The van der Waals surface area contributed by atoms with Crippen LogP contribution < -0.4 is 4.90 Å². The van der Waals surface area contributed by atoms with E-state index < -0.39 is 10.8 Å². The van der Waals surface area contributed by atoms with E-state index in [0.717, 1.165) is 39.6 Å². The van der Waals surface area contributed by atoms with Crippen LogP contribution in [0, 0.1) is 0 Å². The molecule has 0 bridgehead atoms. The maximum absolute atomic E-state index is 2.56. The molecule has 0 atom stereocenters. The zero-order valence-corrected chi connectivity index (χ0v) is 51.9. The molecule has 20 rings (SSSR count). The highest BCUT2D eigenvalue weighted by Crippen LogP contribution is 2.64. The molecule has 95 heavy (non-hydrogen) atoms. The fraction of sp³-hybridized carbons (Fsp3) is 0.0217. The maximum atomic E-state index is 2.56. The molecule has 442 valence electrons. The lowest BCUT2D eigenvalue weighted by Gasteiger charge is -2.34. The SMILES string of the molecule is c1ccc(N(c2ccccc2)c2ccc3c(c2)C2(c4ccccc4-c4ccccc42)c2cc(-c4cc(-c5ccc6c(c5)C(c5ccccc5)(c5ccccc5)c5cc(-n7c8ccccc8c8ccccc87)ccc5-6)c5c(c4)c4ccccc4n5-c4ccccc4)ccc2-3)cc1. The monoisotopic (exact) mass is 1210 g/mol. The van der Waals surface area contributed by atoms with E-state index in [1.807, 2.05) is 0 Å². The van der Waals surface area contributed by atoms with E-state index in [4.69, 9.17) is 0 Å². The van der Waals surface area contributed by atoms with Gasteiger partial charge in [0.25, 0.3) is 0 Å². The third-order valence-electron chi connectivity index (χ3n) is 21.2. The highest BCUT2D eigenvalue weighted by atomic mass is 15.1. The molecule has 3 heteroatoms. The van der Waals surface area contributed by atoms with Crippen molar-refractivity contribution < 1.29 is 0 Å². The first-order valence-electron chi connectivity index (χ1n) is 33.1. The van der Waals surface area contributed by atoms with Crippen molar-refractivity contribution in [3.63, 3.8) is 0 Å². The van der Waals surface area contributed by atoms with Gasteiger partial charge < -0.3 is 14.0 Å². The van der Waals surface area contributed by atoms with Crippen LogP contribution >= 0.6 is 0 Å². The molecule has 0 saturated heterocycles. The summed E-state index contributed by atoms with van der Waals surface area (Å²) in [6.45, 7) is 0. The topological polar surface area (TPSA) is 13.1 Å². The molecule has 0 amide bonds. The molecule has 3 nitrogen and oxygen atoms in total. The lowest BCUT2D eigenvalue weighted by Crippen LogP contribution is -2.28. The minimum Gasteiger partial charge on any atom is -0.310 e. The predicted octanol–water partition coefficient (Wildman–Crippen LogP) is 23.4. The third-order valence-corrected chi connectivity index (χ3v) is 21.2. The van der Waals surface area contributed by atoms with Gasteiger partial charge in [-0.25, -0.2) is 0 Å². The smallest absolute Gasteiger partial charge is 0.0726 e. The molecule has 0 radical (unpaired) electrons. The number of anilines is 3. The van der Waals surface area contributed by atoms with Crippen LogP contribution in [-0.2, 0) is 10.8 Å². The van der Waals surface area contributed by atoms with E-state index in [1.54, 1.807) is 0 Å². The number of benzene rings is 15. The predicted molar refractivity (Wildman–Crippen MR) is 394 cm³/mol. The van der Waals surface area contributed by atoms with Crippen molar-refractivity contribution in [3.05, 3.63) is 402 Å². The second kappa shape index (κ2) is 20.6. The summed E-state index contributed by atoms with van der Waals surface area (Å²) < 4.78 is 4.98. The quantitative estimate of drug-likeness (QED) is 0.140. The van der Waals surface area contributed by atoms with Crippen LogP contribution in [0.3, 0.4) is 0 Å². The lowest BCUT2D eigenvalue weighted by atomic mass is 9.67. The molecule has 0 unspecified atom stereocenters. The molecule has 0 N–H and O–H groups in total. The molecule has 1 spiro atoms. The van der Waals surface area contributed by atoms with Gasteiger partial charge in [0.2, 0.25) is 0 Å². The number of nitrogens with zero attached hydrogens (tertiary/aromatic N) is 3. The summed E-state index contributed by atoms with van der Waals surface area (Å²) in [6.07, 6.45) is 0. The molecule has 3 aliphatic carbocycles. The fourth-order valence-electron chi connectivity index (χ4n) is 17.4. The number of aromatic nitrogens is 2.